The minimum absolute atomic E-state index is 0.110. The zero-order valence-corrected chi connectivity index (χ0v) is 18.4. The SMILES string of the molecule is C=C1C(=O)[C@@]23CC[C@H](C(=C)C)[C@@](C)(CCC(=O)OCc4ccccc4)[C@@H]2CC[C@@H]1C3. The number of Topliss-reactive ketones (excluding diaryl/α,β-unsaturated/α-hetero) is 1. The molecule has 4 rings (SSSR count). The van der Waals surface area contributed by atoms with E-state index < -0.39 is 0 Å². The average molecular weight is 407 g/mol. The molecule has 160 valence electrons. The van der Waals surface area contributed by atoms with Crippen LogP contribution in [-0.2, 0) is 20.9 Å². The number of ketones is 1. The molecule has 2 bridgehead atoms. The lowest BCUT2D eigenvalue weighted by molar-refractivity contribution is -0.149. The highest BCUT2D eigenvalue weighted by Gasteiger charge is 2.64. The second-order valence-electron chi connectivity index (χ2n) is 10.1. The van der Waals surface area contributed by atoms with Crippen molar-refractivity contribution in [3.63, 3.8) is 0 Å². The molecule has 0 amide bonds. The summed E-state index contributed by atoms with van der Waals surface area (Å²) in [6.07, 6.45) is 6.12. The van der Waals surface area contributed by atoms with Crippen LogP contribution in [0.5, 0.6) is 0 Å². The van der Waals surface area contributed by atoms with E-state index in [0.717, 1.165) is 49.7 Å². The lowest BCUT2D eigenvalue weighted by Crippen LogP contribution is -2.53. The van der Waals surface area contributed by atoms with Crippen LogP contribution in [0.4, 0.5) is 0 Å². The molecule has 3 saturated carbocycles. The van der Waals surface area contributed by atoms with Gasteiger partial charge in [-0.05, 0) is 79.8 Å². The first-order valence-electron chi connectivity index (χ1n) is 11.4. The quantitative estimate of drug-likeness (QED) is 0.328. The Morgan fingerprint density at radius 3 is 2.63 bits per heavy atom. The van der Waals surface area contributed by atoms with E-state index in [1.54, 1.807) is 0 Å². The summed E-state index contributed by atoms with van der Waals surface area (Å²) in [6.45, 7) is 13.2. The number of rotatable bonds is 6. The summed E-state index contributed by atoms with van der Waals surface area (Å²) in [5, 5.41) is 0. The summed E-state index contributed by atoms with van der Waals surface area (Å²) in [6, 6.07) is 9.79. The van der Waals surface area contributed by atoms with Gasteiger partial charge in [-0.1, -0.05) is 56.0 Å². The van der Waals surface area contributed by atoms with Crippen LogP contribution in [0.1, 0.15) is 64.4 Å². The van der Waals surface area contributed by atoms with E-state index in [1.165, 1.54) is 5.57 Å². The topological polar surface area (TPSA) is 43.4 Å². The Kier molecular flexibility index (Phi) is 5.50. The van der Waals surface area contributed by atoms with Crippen LogP contribution < -0.4 is 0 Å². The minimum Gasteiger partial charge on any atom is -0.461 e. The van der Waals surface area contributed by atoms with Crippen molar-refractivity contribution in [2.75, 3.05) is 0 Å². The van der Waals surface area contributed by atoms with Crippen LogP contribution in [0.3, 0.4) is 0 Å². The van der Waals surface area contributed by atoms with Crippen LogP contribution in [-0.4, -0.2) is 11.8 Å². The Balaban J connectivity index is 1.51. The highest BCUT2D eigenvalue weighted by Crippen LogP contribution is 2.67. The first-order valence-corrected chi connectivity index (χ1v) is 11.4. The number of carbonyl (C=O) groups is 2. The zero-order valence-electron chi connectivity index (χ0n) is 18.4. The van der Waals surface area contributed by atoms with Gasteiger partial charge in [0.1, 0.15) is 6.61 Å². The number of hydrogen-bond donors (Lipinski definition) is 0. The molecule has 3 nitrogen and oxygen atoms in total. The largest absolute Gasteiger partial charge is 0.461 e. The third kappa shape index (κ3) is 3.36. The summed E-state index contributed by atoms with van der Waals surface area (Å²) in [7, 11) is 0. The molecule has 0 radical (unpaired) electrons. The molecule has 3 heteroatoms. The summed E-state index contributed by atoms with van der Waals surface area (Å²) in [4.78, 5) is 25.9. The average Bonchev–Trinajstić information content (AvgIpc) is 2.91. The lowest BCUT2D eigenvalue weighted by atomic mass is 9.46. The van der Waals surface area contributed by atoms with Crippen LogP contribution in [0, 0.1) is 28.6 Å². The van der Waals surface area contributed by atoms with Crippen LogP contribution in [0.25, 0.3) is 0 Å². The Bertz CT molecular complexity index is 869. The Hall–Kier alpha value is -2.16. The zero-order chi connectivity index (χ0) is 21.5. The van der Waals surface area contributed by atoms with Gasteiger partial charge in [0.2, 0.25) is 0 Å². The molecule has 0 saturated heterocycles. The summed E-state index contributed by atoms with van der Waals surface area (Å²) < 4.78 is 5.55. The van der Waals surface area contributed by atoms with Crippen molar-refractivity contribution in [3.8, 4) is 0 Å². The fourth-order valence-electron chi connectivity index (χ4n) is 7.05. The van der Waals surface area contributed by atoms with Crippen LogP contribution in [0.15, 0.2) is 54.6 Å². The number of ether oxygens (including phenoxy) is 1. The van der Waals surface area contributed by atoms with Gasteiger partial charge >= 0.3 is 5.97 Å². The Labute approximate surface area is 180 Å². The van der Waals surface area contributed by atoms with Crippen molar-refractivity contribution >= 4 is 11.8 Å². The van der Waals surface area contributed by atoms with E-state index in [9.17, 15) is 9.59 Å². The van der Waals surface area contributed by atoms with Gasteiger partial charge in [-0.25, -0.2) is 0 Å². The molecule has 3 aliphatic rings. The predicted molar refractivity (Wildman–Crippen MR) is 119 cm³/mol. The van der Waals surface area contributed by atoms with Crippen molar-refractivity contribution in [1.82, 2.24) is 0 Å². The molecule has 3 aliphatic carbocycles. The highest BCUT2D eigenvalue weighted by molar-refractivity contribution is 6.03. The van der Waals surface area contributed by atoms with Gasteiger partial charge in [0.25, 0.3) is 0 Å². The van der Waals surface area contributed by atoms with Gasteiger partial charge in [0.15, 0.2) is 5.78 Å². The van der Waals surface area contributed by atoms with Gasteiger partial charge in [-0.3, -0.25) is 9.59 Å². The minimum atomic E-state index is -0.255. The fraction of sp³-hybridized carbons (Fsp3) is 0.556. The lowest BCUT2D eigenvalue weighted by Gasteiger charge is -2.57. The van der Waals surface area contributed by atoms with Crippen LogP contribution >= 0.6 is 0 Å². The Morgan fingerprint density at radius 2 is 1.93 bits per heavy atom. The van der Waals surface area contributed by atoms with E-state index in [-0.39, 0.29) is 16.8 Å². The molecule has 5 atom stereocenters. The van der Waals surface area contributed by atoms with Gasteiger partial charge in [-0.2, -0.15) is 0 Å². The van der Waals surface area contributed by atoms with E-state index in [0.29, 0.717) is 36.6 Å². The van der Waals surface area contributed by atoms with E-state index in [1.807, 2.05) is 30.3 Å². The second-order valence-corrected chi connectivity index (χ2v) is 10.1. The van der Waals surface area contributed by atoms with Gasteiger partial charge in [0, 0.05) is 11.8 Å². The molecule has 30 heavy (non-hydrogen) atoms. The summed E-state index contributed by atoms with van der Waals surface area (Å²) in [5.74, 6) is 1.16. The maximum Gasteiger partial charge on any atom is 0.306 e. The first kappa shape index (κ1) is 21.1. The second kappa shape index (κ2) is 7.83. The predicted octanol–water partition coefficient (Wildman–Crippen LogP) is 6.04. The van der Waals surface area contributed by atoms with Crippen molar-refractivity contribution in [2.45, 2.75) is 65.4 Å². The maximum absolute atomic E-state index is 13.3. The molecule has 1 aromatic carbocycles. The molecule has 0 aliphatic heterocycles. The summed E-state index contributed by atoms with van der Waals surface area (Å²) >= 11 is 0. The first-order chi connectivity index (χ1) is 14.3. The molecule has 1 spiro atoms. The normalized spacial score (nSPS) is 35.1. The molecule has 1 aromatic rings. The number of allylic oxidation sites excluding steroid dienone is 2. The third-order valence-electron chi connectivity index (χ3n) is 8.49. The van der Waals surface area contributed by atoms with Crippen LogP contribution in [0.2, 0.25) is 0 Å². The van der Waals surface area contributed by atoms with Gasteiger partial charge in [0.05, 0.1) is 0 Å². The number of benzene rings is 1. The number of esters is 1. The molecular weight excluding hydrogens is 372 g/mol. The number of carbonyl (C=O) groups excluding carboxylic acids is 2. The number of fused-ring (bicyclic) bond motifs is 1. The molecular formula is C27H34O3. The van der Waals surface area contributed by atoms with Crippen molar-refractivity contribution < 1.29 is 14.3 Å². The number of hydrogen-bond acceptors (Lipinski definition) is 3. The van der Waals surface area contributed by atoms with Gasteiger partial charge in [-0.15, -0.1) is 0 Å². The fourth-order valence-corrected chi connectivity index (χ4v) is 7.05. The van der Waals surface area contributed by atoms with Crippen molar-refractivity contribution in [2.24, 2.45) is 28.6 Å². The third-order valence-corrected chi connectivity index (χ3v) is 8.49. The standard InChI is InChI=1S/C27H34O3/c1-18(2)22-12-15-27-16-21(19(3)25(27)29)10-11-23(27)26(22,4)14-13-24(28)30-17-20-8-6-5-7-9-20/h5-9,21-23H,1,3,10-17H2,2,4H3/t21-,22-,23+,26-,27-/m1/s1. The van der Waals surface area contributed by atoms with Gasteiger partial charge < -0.3 is 4.74 Å². The molecule has 0 heterocycles. The molecule has 0 unspecified atom stereocenters. The molecule has 0 N–H and O–H groups in total. The summed E-state index contributed by atoms with van der Waals surface area (Å²) in [5.41, 5.74) is 2.67. The van der Waals surface area contributed by atoms with E-state index >= 15 is 0 Å². The molecule has 3 fully saturated rings. The van der Waals surface area contributed by atoms with Crippen molar-refractivity contribution in [3.05, 3.63) is 60.2 Å². The smallest absolute Gasteiger partial charge is 0.306 e. The van der Waals surface area contributed by atoms with Crippen molar-refractivity contribution in [1.29, 1.82) is 0 Å². The molecule has 0 aromatic heterocycles. The Morgan fingerprint density at radius 1 is 1.20 bits per heavy atom. The van der Waals surface area contributed by atoms with E-state index in [4.69, 9.17) is 4.74 Å². The van der Waals surface area contributed by atoms with E-state index in [2.05, 4.69) is 27.0 Å². The maximum atomic E-state index is 13.3. The monoisotopic (exact) mass is 406 g/mol. The highest BCUT2D eigenvalue weighted by atomic mass is 16.5.